The van der Waals surface area contributed by atoms with Crippen molar-refractivity contribution >= 4 is 23.9 Å². The third kappa shape index (κ3) is 4.78. The zero-order chi connectivity index (χ0) is 17.7. The molecule has 0 saturated heterocycles. The van der Waals surface area contributed by atoms with Gasteiger partial charge < -0.3 is 4.74 Å². The molecule has 0 aliphatic carbocycles. The van der Waals surface area contributed by atoms with Crippen LogP contribution in [0.1, 0.15) is 47.1 Å². The largest absolute Gasteiger partial charge is 0.444 e. The van der Waals surface area contributed by atoms with Gasteiger partial charge in [0, 0.05) is 22.4 Å². The number of hydrogen-bond donors (Lipinski definition) is 1. The average Bonchev–Trinajstić information content (AvgIpc) is 2.52. The monoisotopic (exact) mass is 325 g/mol. The van der Waals surface area contributed by atoms with E-state index in [-0.39, 0.29) is 5.78 Å². The minimum absolute atomic E-state index is 0.194. The van der Waals surface area contributed by atoms with E-state index in [4.69, 9.17) is 4.74 Å². The summed E-state index contributed by atoms with van der Waals surface area (Å²) in [5, 5.41) is 2.60. The summed E-state index contributed by atoms with van der Waals surface area (Å²) in [5.74, 6) is -0.194. The number of benzene rings is 2. The van der Waals surface area contributed by atoms with Crippen LogP contribution < -0.4 is 5.32 Å². The van der Waals surface area contributed by atoms with E-state index in [0.717, 1.165) is 6.29 Å². The van der Waals surface area contributed by atoms with Crippen LogP contribution in [0.15, 0.2) is 48.5 Å². The Labute approximate surface area is 140 Å². The van der Waals surface area contributed by atoms with Crippen LogP contribution in [0.25, 0.3) is 0 Å². The standard InChI is InChI=1S/C19H19NO4/c1-19(2,3)24-18(23)20-16-6-4-5-15(11-16)17(22)14-9-7-13(12-21)8-10-14/h4-12H,1-3H3,(H,20,23). The van der Waals surface area contributed by atoms with Gasteiger partial charge in [-0.25, -0.2) is 4.79 Å². The molecule has 2 rings (SSSR count). The Balaban J connectivity index is 2.15. The summed E-state index contributed by atoms with van der Waals surface area (Å²) in [4.78, 5) is 34.9. The van der Waals surface area contributed by atoms with E-state index in [1.54, 1.807) is 69.3 Å². The maximum absolute atomic E-state index is 12.5. The Morgan fingerprint density at radius 2 is 1.67 bits per heavy atom. The Hall–Kier alpha value is -2.95. The highest BCUT2D eigenvalue weighted by Gasteiger charge is 2.17. The van der Waals surface area contributed by atoms with Crippen LogP contribution in [0.3, 0.4) is 0 Å². The molecule has 1 N–H and O–H groups in total. The van der Waals surface area contributed by atoms with Crippen molar-refractivity contribution in [3.63, 3.8) is 0 Å². The van der Waals surface area contributed by atoms with Gasteiger partial charge in [0.1, 0.15) is 11.9 Å². The molecule has 0 bridgehead atoms. The molecular weight excluding hydrogens is 306 g/mol. The summed E-state index contributed by atoms with van der Waals surface area (Å²) in [6, 6.07) is 13.0. The van der Waals surface area contributed by atoms with Crippen LogP contribution >= 0.6 is 0 Å². The third-order valence-corrected chi connectivity index (χ3v) is 3.08. The smallest absolute Gasteiger partial charge is 0.412 e. The van der Waals surface area contributed by atoms with Gasteiger partial charge >= 0.3 is 6.09 Å². The van der Waals surface area contributed by atoms with Gasteiger partial charge in [0.2, 0.25) is 0 Å². The van der Waals surface area contributed by atoms with Crippen LogP contribution in [0.5, 0.6) is 0 Å². The van der Waals surface area contributed by atoms with Crippen molar-refractivity contribution in [1.29, 1.82) is 0 Å². The zero-order valence-electron chi connectivity index (χ0n) is 13.8. The van der Waals surface area contributed by atoms with Crippen LogP contribution in [-0.2, 0) is 4.74 Å². The van der Waals surface area contributed by atoms with E-state index in [1.807, 2.05) is 0 Å². The van der Waals surface area contributed by atoms with Crippen LogP contribution in [0.2, 0.25) is 0 Å². The third-order valence-electron chi connectivity index (χ3n) is 3.08. The fourth-order valence-corrected chi connectivity index (χ4v) is 2.04. The van der Waals surface area contributed by atoms with Crippen molar-refractivity contribution in [2.45, 2.75) is 26.4 Å². The highest BCUT2D eigenvalue weighted by atomic mass is 16.6. The molecule has 0 spiro atoms. The number of rotatable bonds is 4. The minimum Gasteiger partial charge on any atom is -0.444 e. The van der Waals surface area contributed by atoms with Gasteiger partial charge in [0.05, 0.1) is 0 Å². The predicted molar refractivity (Wildman–Crippen MR) is 91.6 cm³/mol. The summed E-state index contributed by atoms with van der Waals surface area (Å²) in [6.45, 7) is 5.32. The normalized spacial score (nSPS) is 10.8. The molecule has 5 nitrogen and oxygen atoms in total. The second-order valence-electron chi connectivity index (χ2n) is 6.28. The topological polar surface area (TPSA) is 72.5 Å². The fourth-order valence-electron chi connectivity index (χ4n) is 2.04. The van der Waals surface area contributed by atoms with Gasteiger partial charge in [-0.15, -0.1) is 0 Å². The number of nitrogens with one attached hydrogen (secondary N) is 1. The molecule has 5 heteroatoms. The molecular formula is C19H19NO4. The highest BCUT2D eigenvalue weighted by molar-refractivity contribution is 6.09. The molecule has 0 unspecified atom stereocenters. The summed E-state index contributed by atoms with van der Waals surface area (Å²) in [6.07, 6.45) is 0.141. The molecule has 2 aromatic rings. The van der Waals surface area contributed by atoms with Crippen molar-refractivity contribution in [2.24, 2.45) is 0 Å². The van der Waals surface area contributed by atoms with Crippen molar-refractivity contribution in [1.82, 2.24) is 0 Å². The first-order valence-electron chi connectivity index (χ1n) is 7.48. The van der Waals surface area contributed by atoms with E-state index in [0.29, 0.717) is 22.4 Å². The molecule has 0 fully saturated rings. The molecule has 1 amide bonds. The van der Waals surface area contributed by atoms with Crippen molar-refractivity contribution in [3.8, 4) is 0 Å². The van der Waals surface area contributed by atoms with E-state index >= 15 is 0 Å². The summed E-state index contributed by atoms with van der Waals surface area (Å²) >= 11 is 0. The number of ether oxygens (including phenoxy) is 1. The maximum atomic E-state index is 12.5. The number of ketones is 1. The van der Waals surface area contributed by atoms with Gasteiger partial charge in [0.25, 0.3) is 0 Å². The van der Waals surface area contributed by atoms with Crippen LogP contribution in [-0.4, -0.2) is 23.8 Å². The average molecular weight is 325 g/mol. The number of hydrogen-bond acceptors (Lipinski definition) is 4. The van der Waals surface area contributed by atoms with Gasteiger partial charge in [-0.3, -0.25) is 14.9 Å². The maximum Gasteiger partial charge on any atom is 0.412 e. The number of carbonyl (C=O) groups is 3. The lowest BCUT2D eigenvalue weighted by molar-refractivity contribution is 0.0635. The number of carbonyl (C=O) groups excluding carboxylic acids is 3. The van der Waals surface area contributed by atoms with E-state index in [1.165, 1.54) is 0 Å². The zero-order valence-corrected chi connectivity index (χ0v) is 13.8. The molecule has 0 aliphatic rings. The Morgan fingerprint density at radius 3 is 2.25 bits per heavy atom. The van der Waals surface area contributed by atoms with Gasteiger partial charge in [-0.2, -0.15) is 0 Å². The van der Waals surface area contributed by atoms with Crippen molar-refractivity contribution < 1.29 is 19.1 Å². The molecule has 0 saturated carbocycles. The molecule has 0 atom stereocenters. The van der Waals surface area contributed by atoms with E-state index in [2.05, 4.69) is 5.32 Å². The first kappa shape index (κ1) is 17.4. The number of anilines is 1. The van der Waals surface area contributed by atoms with Crippen molar-refractivity contribution in [2.75, 3.05) is 5.32 Å². The highest BCUT2D eigenvalue weighted by Crippen LogP contribution is 2.17. The molecule has 0 aromatic heterocycles. The quantitative estimate of drug-likeness (QED) is 0.679. The molecule has 2 aromatic carbocycles. The fraction of sp³-hybridized carbons (Fsp3) is 0.211. The minimum atomic E-state index is -0.599. The summed E-state index contributed by atoms with van der Waals surface area (Å²) in [7, 11) is 0. The Kier molecular flexibility index (Phi) is 5.14. The first-order valence-corrected chi connectivity index (χ1v) is 7.48. The molecule has 124 valence electrons. The lowest BCUT2D eigenvalue weighted by atomic mass is 10.0. The molecule has 0 aliphatic heterocycles. The lowest BCUT2D eigenvalue weighted by Crippen LogP contribution is -2.27. The summed E-state index contributed by atoms with van der Waals surface area (Å²) in [5.41, 5.74) is 1.28. The van der Waals surface area contributed by atoms with Gasteiger partial charge in [-0.05, 0) is 32.9 Å². The second kappa shape index (κ2) is 7.08. The van der Waals surface area contributed by atoms with E-state index in [9.17, 15) is 14.4 Å². The van der Waals surface area contributed by atoms with Crippen LogP contribution in [0.4, 0.5) is 10.5 Å². The predicted octanol–water partition coefficient (Wildman–Crippen LogP) is 4.08. The Bertz CT molecular complexity index is 758. The molecule has 24 heavy (non-hydrogen) atoms. The second-order valence-corrected chi connectivity index (χ2v) is 6.28. The SMILES string of the molecule is CC(C)(C)OC(=O)Nc1cccc(C(=O)c2ccc(C=O)cc2)c1. The summed E-state index contributed by atoms with van der Waals surface area (Å²) < 4.78 is 5.18. The Morgan fingerprint density at radius 1 is 1.00 bits per heavy atom. The number of aldehydes is 1. The lowest BCUT2D eigenvalue weighted by Gasteiger charge is -2.19. The molecule has 0 heterocycles. The first-order chi connectivity index (χ1) is 11.3. The van der Waals surface area contributed by atoms with Crippen LogP contribution in [0, 0.1) is 0 Å². The van der Waals surface area contributed by atoms with Gasteiger partial charge in [0.15, 0.2) is 5.78 Å². The van der Waals surface area contributed by atoms with Gasteiger partial charge in [-0.1, -0.05) is 36.4 Å². The number of amides is 1. The van der Waals surface area contributed by atoms with Crippen molar-refractivity contribution in [3.05, 3.63) is 65.2 Å². The molecule has 0 radical (unpaired) electrons. The van der Waals surface area contributed by atoms with E-state index < -0.39 is 11.7 Å².